The lowest BCUT2D eigenvalue weighted by molar-refractivity contribution is 0.120. The van der Waals surface area contributed by atoms with Gasteiger partial charge in [-0.05, 0) is 63.5 Å². The van der Waals surface area contributed by atoms with E-state index in [9.17, 15) is 5.11 Å². The molecule has 0 spiro atoms. The Hall–Kier alpha value is -1.55. The number of hydrogen-bond acceptors (Lipinski definition) is 2. The lowest BCUT2D eigenvalue weighted by Gasteiger charge is -2.28. The predicted octanol–water partition coefficient (Wildman–Crippen LogP) is 2.89. The van der Waals surface area contributed by atoms with Crippen molar-refractivity contribution in [2.24, 2.45) is 4.99 Å². The van der Waals surface area contributed by atoms with Crippen LogP contribution in [0.2, 0.25) is 0 Å². The summed E-state index contributed by atoms with van der Waals surface area (Å²) in [6.45, 7) is 6.03. The van der Waals surface area contributed by atoms with Gasteiger partial charge in [-0.15, -0.1) is 0 Å². The summed E-state index contributed by atoms with van der Waals surface area (Å²) >= 11 is 0. The minimum atomic E-state index is -0.113. The van der Waals surface area contributed by atoms with Crippen LogP contribution in [0.5, 0.6) is 0 Å². The summed E-state index contributed by atoms with van der Waals surface area (Å²) < 4.78 is 0. The number of guanidine groups is 1. The van der Waals surface area contributed by atoms with E-state index < -0.39 is 0 Å². The van der Waals surface area contributed by atoms with E-state index in [-0.39, 0.29) is 11.5 Å². The third kappa shape index (κ3) is 4.10. The van der Waals surface area contributed by atoms with Crippen molar-refractivity contribution >= 4 is 5.96 Å². The fraction of sp³-hybridized carbons (Fsp3) is 0.650. The van der Waals surface area contributed by atoms with Crippen molar-refractivity contribution in [1.82, 2.24) is 10.6 Å². The standard InChI is InChI=1S/C20H31N3O/c1-3-21-19(23-16-8-10-17(24)11-9-16)22-14-20(12-13-20)18-7-5-4-6-15(18)2/h4-7,16-17,24H,3,8-14H2,1-2H3,(H2,21,22,23). The average molecular weight is 329 g/mol. The molecule has 2 fully saturated rings. The lowest BCUT2D eigenvalue weighted by Crippen LogP contribution is -2.45. The molecule has 0 amide bonds. The smallest absolute Gasteiger partial charge is 0.191 e. The van der Waals surface area contributed by atoms with Crippen LogP contribution in [-0.2, 0) is 5.41 Å². The first-order valence-electron chi connectivity index (χ1n) is 9.42. The van der Waals surface area contributed by atoms with Crippen molar-refractivity contribution in [2.75, 3.05) is 13.1 Å². The molecule has 2 aliphatic rings. The summed E-state index contributed by atoms with van der Waals surface area (Å²) in [4.78, 5) is 4.91. The zero-order valence-electron chi connectivity index (χ0n) is 15.0. The van der Waals surface area contributed by atoms with E-state index >= 15 is 0 Å². The van der Waals surface area contributed by atoms with E-state index in [1.807, 2.05) is 0 Å². The number of rotatable bonds is 5. The highest BCUT2D eigenvalue weighted by Crippen LogP contribution is 2.49. The Labute approximate surface area is 145 Å². The second kappa shape index (κ2) is 7.56. The van der Waals surface area contributed by atoms with Crippen LogP contribution >= 0.6 is 0 Å². The Morgan fingerprint density at radius 3 is 2.54 bits per heavy atom. The fourth-order valence-electron chi connectivity index (χ4n) is 3.80. The van der Waals surface area contributed by atoms with Crippen molar-refractivity contribution in [3.8, 4) is 0 Å². The minimum Gasteiger partial charge on any atom is -0.393 e. The predicted molar refractivity (Wildman–Crippen MR) is 99.5 cm³/mol. The molecule has 0 radical (unpaired) electrons. The topological polar surface area (TPSA) is 56.7 Å². The van der Waals surface area contributed by atoms with Gasteiger partial charge in [-0.3, -0.25) is 4.99 Å². The van der Waals surface area contributed by atoms with E-state index in [2.05, 4.69) is 48.7 Å². The van der Waals surface area contributed by atoms with Crippen molar-refractivity contribution in [2.45, 2.75) is 69.9 Å². The van der Waals surface area contributed by atoms with Gasteiger partial charge in [0, 0.05) is 18.0 Å². The average Bonchev–Trinajstić information content (AvgIpc) is 3.36. The summed E-state index contributed by atoms with van der Waals surface area (Å²) in [6, 6.07) is 9.15. The highest BCUT2D eigenvalue weighted by molar-refractivity contribution is 5.80. The molecule has 4 nitrogen and oxygen atoms in total. The van der Waals surface area contributed by atoms with Crippen LogP contribution in [0.1, 0.15) is 56.6 Å². The Bertz CT molecular complexity index is 572. The van der Waals surface area contributed by atoms with Gasteiger partial charge in [0.15, 0.2) is 5.96 Å². The number of nitrogens with one attached hydrogen (secondary N) is 2. The SMILES string of the molecule is CCNC(=NCC1(c2ccccc2C)CC1)NC1CCC(O)CC1. The molecule has 132 valence electrons. The monoisotopic (exact) mass is 329 g/mol. The molecule has 1 aromatic carbocycles. The molecule has 0 aliphatic heterocycles. The van der Waals surface area contributed by atoms with E-state index in [0.29, 0.717) is 6.04 Å². The number of aliphatic hydroxyl groups excluding tert-OH is 1. The van der Waals surface area contributed by atoms with Crippen LogP contribution < -0.4 is 10.6 Å². The van der Waals surface area contributed by atoms with Gasteiger partial charge in [0.1, 0.15) is 0 Å². The molecule has 2 aliphatic carbocycles. The van der Waals surface area contributed by atoms with Gasteiger partial charge < -0.3 is 15.7 Å². The molecule has 0 heterocycles. The third-order valence-electron chi connectivity index (χ3n) is 5.49. The largest absolute Gasteiger partial charge is 0.393 e. The third-order valence-corrected chi connectivity index (χ3v) is 5.49. The van der Waals surface area contributed by atoms with E-state index in [0.717, 1.165) is 44.7 Å². The first-order chi connectivity index (χ1) is 11.6. The zero-order chi connectivity index (χ0) is 17.0. The first-order valence-corrected chi connectivity index (χ1v) is 9.42. The van der Waals surface area contributed by atoms with Crippen LogP contribution in [0, 0.1) is 6.92 Å². The van der Waals surface area contributed by atoms with E-state index in [1.165, 1.54) is 24.0 Å². The van der Waals surface area contributed by atoms with Crippen LogP contribution in [0.25, 0.3) is 0 Å². The highest BCUT2D eigenvalue weighted by Gasteiger charge is 2.44. The lowest BCUT2D eigenvalue weighted by atomic mass is 9.92. The van der Waals surface area contributed by atoms with Crippen LogP contribution in [-0.4, -0.2) is 36.3 Å². The molecule has 0 aromatic heterocycles. The Morgan fingerprint density at radius 1 is 1.21 bits per heavy atom. The zero-order valence-corrected chi connectivity index (χ0v) is 15.0. The summed E-state index contributed by atoms with van der Waals surface area (Å²) in [5.41, 5.74) is 3.09. The van der Waals surface area contributed by atoms with Gasteiger partial charge in [-0.1, -0.05) is 24.3 Å². The Kier molecular flexibility index (Phi) is 5.44. The van der Waals surface area contributed by atoms with E-state index in [1.54, 1.807) is 0 Å². The molecule has 3 N–H and O–H groups in total. The maximum Gasteiger partial charge on any atom is 0.191 e. The molecular weight excluding hydrogens is 298 g/mol. The Morgan fingerprint density at radius 2 is 1.92 bits per heavy atom. The number of aliphatic imine (C=N–C) groups is 1. The van der Waals surface area contributed by atoms with Crippen LogP contribution in [0.4, 0.5) is 0 Å². The first kappa shape index (κ1) is 17.3. The minimum absolute atomic E-state index is 0.113. The number of nitrogens with zero attached hydrogens (tertiary/aromatic N) is 1. The second-order valence-electron chi connectivity index (χ2n) is 7.44. The molecular formula is C20H31N3O. The van der Waals surface area contributed by atoms with Gasteiger partial charge in [-0.25, -0.2) is 0 Å². The molecule has 0 bridgehead atoms. The quantitative estimate of drug-likeness (QED) is 0.575. The Balaban J connectivity index is 1.64. The maximum atomic E-state index is 9.66. The molecule has 0 saturated heterocycles. The molecule has 24 heavy (non-hydrogen) atoms. The molecule has 0 atom stereocenters. The normalized spacial score (nSPS) is 26.0. The van der Waals surface area contributed by atoms with Crippen molar-refractivity contribution in [1.29, 1.82) is 0 Å². The van der Waals surface area contributed by atoms with Gasteiger partial charge in [-0.2, -0.15) is 0 Å². The van der Waals surface area contributed by atoms with Crippen LogP contribution in [0.15, 0.2) is 29.3 Å². The molecule has 2 saturated carbocycles. The van der Waals surface area contributed by atoms with Gasteiger partial charge in [0.2, 0.25) is 0 Å². The van der Waals surface area contributed by atoms with Crippen molar-refractivity contribution in [3.05, 3.63) is 35.4 Å². The summed E-state index contributed by atoms with van der Waals surface area (Å²) in [6.07, 6.45) is 6.18. The fourth-order valence-corrected chi connectivity index (χ4v) is 3.80. The molecule has 0 unspecified atom stereocenters. The highest BCUT2D eigenvalue weighted by atomic mass is 16.3. The van der Waals surface area contributed by atoms with Gasteiger partial charge in [0.25, 0.3) is 0 Å². The maximum absolute atomic E-state index is 9.66. The number of benzene rings is 1. The number of aliphatic hydroxyl groups is 1. The molecule has 1 aromatic rings. The van der Waals surface area contributed by atoms with Gasteiger partial charge >= 0.3 is 0 Å². The van der Waals surface area contributed by atoms with Crippen molar-refractivity contribution < 1.29 is 5.11 Å². The van der Waals surface area contributed by atoms with E-state index in [4.69, 9.17) is 4.99 Å². The van der Waals surface area contributed by atoms with Crippen molar-refractivity contribution in [3.63, 3.8) is 0 Å². The summed E-state index contributed by atoms with van der Waals surface area (Å²) in [5, 5.41) is 16.6. The summed E-state index contributed by atoms with van der Waals surface area (Å²) in [7, 11) is 0. The van der Waals surface area contributed by atoms with Crippen LogP contribution in [0.3, 0.4) is 0 Å². The summed E-state index contributed by atoms with van der Waals surface area (Å²) in [5.74, 6) is 0.929. The van der Waals surface area contributed by atoms with Gasteiger partial charge in [0.05, 0.1) is 12.6 Å². The number of hydrogen-bond donors (Lipinski definition) is 3. The molecule has 4 heteroatoms. The molecule has 3 rings (SSSR count). The second-order valence-corrected chi connectivity index (χ2v) is 7.44. The number of aryl methyl sites for hydroxylation is 1.